The second kappa shape index (κ2) is 15.9. The summed E-state index contributed by atoms with van der Waals surface area (Å²) in [5.41, 5.74) is 1.80. The van der Waals surface area contributed by atoms with Gasteiger partial charge in [-0.1, -0.05) is 72.1 Å². The molecule has 5 nitrogen and oxygen atoms in total. The van der Waals surface area contributed by atoms with Crippen molar-refractivity contribution in [2.45, 2.75) is 78.6 Å². The topological polar surface area (TPSA) is 68.1 Å². The Morgan fingerprint density at radius 3 is 2.29 bits per heavy atom. The number of benzene rings is 2. The predicted octanol–water partition coefficient (Wildman–Crippen LogP) is 7.87. The van der Waals surface area contributed by atoms with Gasteiger partial charge >= 0.3 is 5.97 Å². The Labute approximate surface area is 205 Å². The lowest BCUT2D eigenvalue weighted by molar-refractivity contribution is 0.0447. The van der Waals surface area contributed by atoms with Gasteiger partial charge in [-0.3, -0.25) is 4.99 Å². The van der Waals surface area contributed by atoms with Crippen molar-refractivity contribution in [1.82, 2.24) is 0 Å². The van der Waals surface area contributed by atoms with Gasteiger partial charge in [0.15, 0.2) is 0 Å². The minimum Gasteiger partial charge on any atom is -0.507 e. The maximum Gasteiger partial charge on any atom is 0.338 e. The number of unbranched alkanes of at least 4 members (excludes halogenated alkanes) is 7. The normalized spacial score (nSPS) is 12.1. The van der Waals surface area contributed by atoms with Crippen molar-refractivity contribution in [2.24, 2.45) is 10.9 Å². The minimum absolute atomic E-state index is 0.127. The van der Waals surface area contributed by atoms with Crippen LogP contribution in [-0.4, -0.2) is 30.5 Å². The first-order valence-corrected chi connectivity index (χ1v) is 12.8. The van der Waals surface area contributed by atoms with Crippen LogP contribution in [0.15, 0.2) is 47.5 Å². The molecular weight excluding hydrogens is 426 g/mol. The highest BCUT2D eigenvalue weighted by Gasteiger charge is 2.09. The van der Waals surface area contributed by atoms with Gasteiger partial charge in [0, 0.05) is 17.8 Å². The highest BCUT2D eigenvalue weighted by atomic mass is 16.5. The van der Waals surface area contributed by atoms with E-state index in [2.05, 4.69) is 25.8 Å². The zero-order chi connectivity index (χ0) is 24.6. The van der Waals surface area contributed by atoms with Crippen LogP contribution in [0, 0.1) is 5.92 Å². The molecule has 2 aromatic carbocycles. The van der Waals surface area contributed by atoms with E-state index in [1.165, 1.54) is 44.9 Å². The first kappa shape index (κ1) is 27.4. The Bertz CT molecular complexity index is 876. The van der Waals surface area contributed by atoms with E-state index in [-0.39, 0.29) is 11.7 Å². The molecule has 0 heterocycles. The summed E-state index contributed by atoms with van der Waals surface area (Å²) in [7, 11) is 0. The SMILES string of the molecule is CCCCCCCCCCOc1ccc(C=Nc2ccc(C(=O)OCC(C)CC)cc2)c(O)c1. The van der Waals surface area contributed by atoms with Crippen LogP contribution < -0.4 is 4.74 Å². The maximum absolute atomic E-state index is 12.1. The summed E-state index contributed by atoms with van der Waals surface area (Å²) in [5, 5.41) is 10.3. The van der Waals surface area contributed by atoms with Gasteiger partial charge in [-0.2, -0.15) is 0 Å². The average molecular weight is 468 g/mol. The number of carbonyl (C=O) groups is 1. The van der Waals surface area contributed by atoms with Crippen molar-refractivity contribution in [3.8, 4) is 11.5 Å². The summed E-state index contributed by atoms with van der Waals surface area (Å²) >= 11 is 0. The molecule has 0 aliphatic heterocycles. The van der Waals surface area contributed by atoms with Crippen LogP contribution >= 0.6 is 0 Å². The Balaban J connectivity index is 1.76. The van der Waals surface area contributed by atoms with Crippen molar-refractivity contribution in [3.63, 3.8) is 0 Å². The van der Waals surface area contributed by atoms with Crippen molar-refractivity contribution < 1.29 is 19.4 Å². The lowest BCUT2D eigenvalue weighted by Crippen LogP contribution is -2.11. The van der Waals surface area contributed by atoms with E-state index in [0.717, 1.165) is 12.8 Å². The van der Waals surface area contributed by atoms with E-state index in [9.17, 15) is 9.90 Å². The Hall–Kier alpha value is -2.82. The molecule has 0 saturated heterocycles. The lowest BCUT2D eigenvalue weighted by Gasteiger charge is -2.09. The number of nitrogens with zero attached hydrogens (tertiary/aromatic N) is 1. The van der Waals surface area contributed by atoms with Gasteiger partial charge in [-0.15, -0.1) is 0 Å². The number of hydrogen-bond donors (Lipinski definition) is 1. The molecule has 0 fully saturated rings. The Morgan fingerprint density at radius 1 is 0.971 bits per heavy atom. The predicted molar refractivity (Wildman–Crippen MR) is 140 cm³/mol. The smallest absolute Gasteiger partial charge is 0.338 e. The summed E-state index contributed by atoms with van der Waals surface area (Å²) in [6.45, 7) is 7.45. The van der Waals surface area contributed by atoms with Gasteiger partial charge in [-0.05, 0) is 48.7 Å². The molecule has 186 valence electrons. The largest absolute Gasteiger partial charge is 0.507 e. The summed E-state index contributed by atoms with van der Waals surface area (Å²) < 4.78 is 11.1. The molecule has 1 atom stereocenters. The van der Waals surface area contributed by atoms with Crippen molar-refractivity contribution in [2.75, 3.05) is 13.2 Å². The molecule has 0 aliphatic carbocycles. The molecule has 0 saturated carbocycles. The molecule has 0 radical (unpaired) electrons. The molecular formula is C29H41NO4. The number of ether oxygens (including phenoxy) is 2. The molecule has 0 aromatic heterocycles. The number of carbonyl (C=O) groups excluding carboxylic acids is 1. The molecule has 0 spiro atoms. The Morgan fingerprint density at radius 2 is 1.65 bits per heavy atom. The monoisotopic (exact) mass is 467 g/mol. The molecule has 0 bridgehead atoms. The quantitative estimate of drug-likeness (QED) is 0.155. The molecule has 5 heteroatoms. The van der Waals surface area contributed by atoms with Crippen LogP contribution in [0.3, 0.4) is 0 Å². The number of rotatable bonds is 16. The third-order valence-corrected chi connectivity index (χ3v) is 5.92. The van der Waals surface area contributed by atoms with E-state index in [1.54, 1.807) is 42.6 Å². The van der Waals surface area contributed by atoms with Crippen LogP contribution in [0.2, 0.25) is 0 Å². The third-order valence-electron chi connectivity index (χ3n) is 5.92. The molecule has 1 unspecified atom stereocenters. The zero-order valence-electron chi connectivity index (χ0n) is 21.1. The minimum atomic E-state index is -0.323. The van der Waals surface area contributed by atoms with Crippen molar-refractivity contribution in [1.29, 1.82) is 0 Å². The number of phenols is 1. The van der Waals surface area contributed by atoms with E-state index in [1.807, 2.05) is 6.07 Å². The third kappa shape index (κ3) is 10.4. The number of phenolic OH excluding ortho intramolecular Hbond substituents is 1. The van der Waals surface area contributed by atoms with Crippen molar-refractivity contribution in [3.05, 3.63) is 53.6 Å². The van der Waals surface area contributed by atoms with Gasteiger partial charge < -0.3 is 14.6 Å². The zero-order valence-corrected chi connectivity index (χ0v) is 21.1. The van der Waals surface area contributed by atoms with E-state index in [4.69, 9.17) is 9.47 Å². The van der Waals surface area contributed by atoms with E-state index >= 15 is 0 Å². The molecule has 2 aromatic rings. The summed E-state index contributed by atoms with van der Waals surface area (Å²) in [6.07, 6.45) is 12.7. The second-order valence-corrected chi connectivity index (χ2v) is 8.96. The van der Waals surface area contributed by atoms with Crippen molar-refractivity contribution >= 4 is 17.9 Å². The maximum atomic E-state index is 12.1. The van der Waals surface area contributed by atoms with Crippen LogP contribution in [0.1, 0.15) is 94.5 Å². The Kier molecular flexibility index (Phi) is 12.8. The van der Waals surface area contributed by atoms with Crippen LogP contribution in [0.4, 0.5) is 5.69 Å². The van der Waals surface area contributed by atoms with Gasteiger partial charge in [0.1, 0.15) is 11.5 Å². The lowest BCUT2D eigenvalue weighted by atomic mass is 10.1. The summed E-state index contributed by atoms with van der Waals surface area (Å²) in [6, 6.07) is 12.2. The van der Waals surface area contributed by atoms with Gasteiger partial charge in [0.25, 0.3) is 0 Å². The standard InChI is InChI=1S/C29H41NO4/c1-4-6-7-8-9-10-11-12-19-33-27-18-15-25(28(31)20-27)21-30-26-16-13-24(14-17-26)29(32)34-22-23(3)5-2/h13-18,20-21,23,31H,4-12,19,22H2,1-3H3. The van der Waals surface area contributed by atoms with E-state index < -0.39 is 0 Å². The van der Waals surface area contributed by atoms with E-state index in [0.29, 0.717) is 41.7 Å². The fraction of sp³-hybridized carbons (Fsp3) is 0.517. The van der Waals surface area contributed by atoms with Crippen LogP contribution in [-0.2, 0) is 4.74 Å². The summed E-state index contributed by atoms with van der Waals surface area (Å²) in [4.78, 5) is 16.5. The highest BCUT2D eigenvalue weighted by Crippen LogP contribution is 2.24. The van der Waals surface area contributed by atoms with Gasteiger partial charge in [-0.25, -0.2) is 4.79 Å². The molecule has 1 N–H and O–H groups in total. The first-order chi connectivity index (χ1) is 16.5. The number of esters is 1. The fourth-order valence-corrected chi connectivity index (χ4v) is 3.40. The number of aliphatic imine (C=N–C) groups is 1. The molecule has 0 aliphatic rings. The molecule has 2 rings (SSSR count). The first-order valence-electron chi connectivity index (χ1n) is 12.8. The fourth-order valence-electron chi connectivity index (χ4n) is 3.40. The average Bonchev–Trinajstić information content (AvgIpc) is 2.85. The van der Waals surface area contributed by atoms with Crippen LogP contribution in [0.5, 0.6) is 11.5 Å². The number of aromatic hydroxyl groups is 1. The van der Waals surface area contributed by atoms with Gasteiger partial charge in [0.05, 0.1) is 24.5 Å². The summed E-state index contributed by atoms with van der Waals surface area (Å²) in [5.74, 6) is 0.818. The molecule has 0 amide bonds. The second-order valence-electron chi connectivity index (χ2n) is 8.96. The number of hydrogen-bond acceptors (Lipinski definition) is 5. The van der Waals surface area contributed by atoms with Gasteiger partial charge in [0.2, 0.25) is 0 Å². The highest BCUT2D eigenvalue weighted by molar-refractivity contribution is 5.90. The van der Waals surface area contributed by atoms with Crippen LogP contribution in [0.25, 0.3) is 0 Å². The molecule has 34 heavy (non-hydrogen) atoms.